The highest BCUT2D eigenvalue weighted by Gasteiger charge is 2.15. The van der Waals surface area contributed by atoms with Gasteiger partial charge < -0.3 is 15.4 Å². The van der Waals surface area contributed by atoms with Crippen LogP contribution < -0.4 is 15.4 Å². The lowest BCUT2D eigenvalue weighted by atomic mass is 10.2. The molecule has 160 valence electrons. The molecule has 0 aliphatic rings. The molecule has 31 heavy (non-hydrogen) atoms. The number of carbonyl (C=O) groups is 2. The summed E-state index contributed by atoms with van der Waals surface area (Å²) in [7, 11) is 0. The van der Waals surface area contributed by atoms with Crippen LogP contribution in [0.5, 0.6) is 5.75 Å². The van der Waals surface area contributed by atoms with E-state index in [2.05, 4.69) is 25.5 Å². The quantitative estimate of drug-likeness (QED) is 0.534. The number of carbonyl (C=O) groups excluding carboxylic acids is 2. The van der Waals surface area contributed by atoms with E-state index < -0.39 is 18.6 Å². The molecular formula is C21H19F2N5O3. The molecule has 0 fully saturated rings. The number of anilines is 2. The number of ether oxygens (including phenoxy) is 1. The van der Waals surface area contributed by atoms with E-state index >= 15 is 0 Å². The van der Waals surface area contributed by atoms with Gasteiger partial charge in [-0.25, -0.2) is 9.67 Å². The topological polar surface area (TPSA) is 98.1 Å². The summed E-state index contributed by atoms with van der Waals surface area (Å²) in [4.78, 5) is 28.2. The average Bonchev–Trinajstić information content (AvgIpc) is 3.28. The summed E-state index contributed by atoms with van der Waals surface area (Å²) in [6, 6.07) is 12.1. The summed E-state index contributed by atoms with van der Waals surface area (Å²) >= 11 is 0. The van der Waals surface area contributed by atoms with Crippen LogP contribution >= 0.6 is 0 Å². The van der Waals surface area contributed by atoms with Gasteiger partial charge in [0, 0.05) is 23.0 Å². The minimum absolute atomic E-state index is 0.0261. The second-order valence-corrected chi connectivity index (χ2v) is 6.36. The molecule has 2 amide bonds. The molecule has 0 spiro atoms. The zero-order valence-electron chi connectivity index (χ0n) is 16.4. The molecule has 1 unspecified atom stereocenters. The Morgan fingerprint density at radius 1 is 1.06 bits per heavy atom. The minimum Gasteiger partial charge on any atom is -0.434 e. The van der Waals surface area contributed by atoms with E-state index in [0.717, 1.165) is 0 Å². The molecule has 3 aromatic rings. The van der Waals surface area contributed by atoms with Crippen LogP contribution in [-0.2, 0) is 9.59 Å². The smallest absolute Gasteiger partial charge is 0.387 e. The van der Waals surface area contributed by atoms with Crippen LogP contribution in [0.1, 0.15) is 18.5 Å². The molecule has 1 atom stereocenters. The molecule has 1 aromatic heterocycles. The van der Waals surface area contributed by atoms with Gasteiger partial charge in [-0.2, -0.15) is 13.9 Å². The molecule has 8 nitrogen and oxygen atoms in total. The van der Waals surface area contributed by atoms with Crippen LogP contribution in [0.2, 0.25) is 0 Å². The summed E-state index contributed by atoms with van der Waals surface area (Å²) in [5.74, 6) is -0.750. The summed E-state index contributed by atoms with van der Waals surface area (Å²) in [5, 5.41) is 9.33. The molecule has 3 rings (SSSR count). The monoisotopic (exact) mass is 427 g/mol. The van der Waals surface area contributed by atoms with Crippen molar-refractivity contribution in [3.05, 3.63) is 72.8 Å². The van der Waals surface area contributed by atoms with Crippen LogP contribution in [0.3, 0.4) is 0 Å². The number of amides is 2. The molecule has 2 aromatic carbocycles. The van der Waals surface area contributed by atoms with Crippen molar-refractivity contribution in [3.63, 3.8) is 0 Å². The van der Waals surface area contributed by atoms with Crippen molar-refractivity contribution < 1.29 is 23.1 Å². The molecule has 2 N–H and O–H groups in total. The number of aromatic nitrogens is 3. The number of hydrogen-bond acceptors (Lipinski definition) is 5. The first-order valence-electron chi connectivity index (χ1n) is 9.20. The van der Waals surface area contributed by atoms with Crippen molar-refractivity contribution in [3.8, 4) is 5.75 Å². The lowest BCUT2D eigenvalue weighted by Gasteiger charge is -2.12. The third-order valence-corrected chi connectivity index (χ3v) is 4.18. The summed E-state index contributed by atoms with van der Waals surface area (Å²) in [6.07, 6.45) is 5.39. The molecule has 1 heterocycles. The number of para-hydroxylation sites is 1. The third kappa shape index (κ3) is 6.20. The molecule has 0 saturated carbocycles. The van der Waals surface area contributed by atoms with Crippen molar-refractivity contribution >= 4 is 29.3 Å². The largest absolute Gasteiger partial charge is 0.434 e. The van der Waals surface area contributed by atoms with Gasteiger partial charge in [0.15, 0.2) is 0 Å². The van der Waals surface area contributed by atoms with E-state index in [1.807, 2.05) is 0 Å². The van der Waals surface area contributed by atoms with Gasteiger partial charge in [-0.15, -0.1) is 0 Å². The Morgan fingerprint density at radius 3 is 2.39 bits per heavy atom. The van der Waals surface area contributed by atoms with Gasteiger partial charge >= 0.3 is 6.61 Å². The van der Waals surface area contributed by atoms with Crippen LogP contribution in [-0.4, -0.2) is 33.2 Å². The molecule has 0 aliphatic heterocycles. The number of benzene rings is 2. The van der Waals surface area contributed by atoms with Crippen molar-refractivity contribution in [1.82, 2.24) is 14.8 Å². The van der Waals surface area contributed by atoms with Gasteiger partial charge in [0.05, 0.1) is 0 Å². The Bertz CT molecular complexity index is 1050. The molecular weight excluding hydrogens is 408 g/mol. The minimum atomic E-state index is -2.96. The summed E-state index contributed by atoms with van der Waals surface area (Å²) < 4.78 is 30.8. The maximum Gasteiger partial charge on any atom is 0.387 e. The Balaban J connectivity index is 1.57. The molecule has 0 bridgehead atoms. The fraction of sp³-hybridized carbons (Fsp3) is 0.143. The fourth-order valence-corrected chi connectivity index (χ4v) is 2.59. The van der Waals surface area contributed by atoms with E-state index in [1.165, 1.54) is 35.6 Å². The zero-order valence-corrected chi connectivity index (χ0v) is 16.4. The lowest BCUT2D eigenvalue weighted by molar-refractivity contribution is -0.119. The van der Waals surface area contributed by atoms with Crippen LogP contribution in [0.15, 0.2) is 67.3 Å². The number of alkyl halides is 2. The predicted octanol–water partition coefficient (Wildman–Crippen LogP) is 3.73. The second kappa shape index (κ2) is 10.1. The van der Waals surface area contributed by atoms with Crippen molar-refractivity contribution in [1.29, 1.82) is 0 Å². The highest BCUT2D eigenvalue weighted by molar-refractivity contribution is 6.02. The van der Waals surface area contributed by atoms with Crippen LogP contribution in [0.25, 0.3) is 6.08 Å². The van der Waals surface area contributed by atoms with Crippen LogP contribution in [0.4, 0.5) is 20.2 Å². The van der Waals surface area contributed by atoms with Crippen molar-refractivity contribution in [2.24, 2.45) is 0 Å². The third-order valence-electron chi connectivity index (χ3n) is 4.18. The zero-order chi connectivity index (χ0) is 22.2. The van der Waals surface area contributed by atoms with Gasteiger partial charge in [0.25, 0.3) is 0 Å². The Hall–Kier alpha value is -4.08. The standard InChI is InChI=1S/C21H19F2N5O3/c1-14(28-13-24-12-25-28)20(30)27-17-9-7-16(8-10-17)26-19(29)11-6-15-4-2-3-5-18(15)31-21(22)23/h2-14,21H,1H3,(H,26,29)(H,27,30)/b11-6+. The maximum absolute atomic E-state index is 12.5. The molecule has 0 saturated heterocycles. The first-order valence-corrected chi connectivity index (χ1v) is 9.20. The van der Waals surface area contributed by atoms with E-state index in [1.54, 1.807) is 49.4 Å². The van der Waals surface area contributed by atoms with Gasteiger partial charge in [0.1, 0.15) is 24.4 Å². The highest BCUT2D eigenvalue weighted by atomic mass is 19.3. The van der Waals surface area contributed by atoms with Crippen molar-refractivity contribution in [2.75, 3.05) is 10.6 Å². The Kier molecular flexibility index (Phi) is 7.05. The maximum atomic E-state index is 12.5. The van der Waals surface area contributed by atoms with Gasteiger partial charge in [-0.05, 0) is 43.3 Å². The van der Waals surface area contributed by atoms with Gasteiger partial charge in [-0.1, -0.05) is 18.2 Å². The Labute approximate surface area is 176 Å². The van der Waals surface area contributed by atoms with E-state index in [-0.39, 0.29) is 11.7 Å². The second-order valence-electron chi connectivity index (χ2n) is 6.36. The Morgan fingerprint density at radius 2 is 1.74 bits per heavy atom. The summed E-state index contributed by atoms with van der Waals surface area (Å²) in [5.41, 5.74) is 1.38. The van der Waals surface area contributed by atoms with E-state index in [9.17, 15) is 18.4 Å². The lowest BCUT2D eigenvalue weighted by Crippen LogP contribution is -2.24. The fourth-order valence-electron chi connectivity index (χ4n) is 2.59. The van der Waals surface area contributed by atoms with Crippen molar-refractivity contribution in [2.45, 2.75) is 19.6 Å². The highest BCUT2D eigenvalue weighted by Crippen LogP contribution is 2.22. The van der Waals surface area contributed by atoms with E-state index in [0.29, 0.717) is 16.9 Å². The normalized spacial score (nSPS) is 12.0. The van der Waals surface area contributed by atoms with Gasteiger partial charge in [-0.3, -0.25) is 9.59 Å². The predicted molar refractivity (Wildman–Crippen MR) is 111 cm³/mol. The molecule has 10 heteroatoms. The first kappa shape index (κ1) is 21.6. The number of rotatable bonds is 8. The number of nitrogens with zero attached hydrogens (tertiary/aromatic N) is 3. The number of halogens is 2. The molecule has 0 aliphatic carbocycles. The SMILES string of the molecule is CC(C(=O)Nc1ccc(NC(=O)/C=C/c2ccccc2OC(F)F)cc1)n1cncn1. The molecule has 0 radical (unpaired) electrons. The first-order chi connectivity index (χ1) is 14.9. The number of nitrogens with one attached hydrogen (secondary N) is 2. The summed E-state index contributed by atoms with van der Waals surface area (Å²) in [6.45, 7) is -1.27. The van der Waals surface area contributed by atoms with Crippen LogP contribution in [0, 0.1) is 0 Å². The average molecular weight is 427 g/mol. The van der Waals surface area contributed by atoms with E-state index in [4.69, 9.17) is 0 Å². The van der Waals surface area contributed by atoms with Gasteiger partial charge in [0.2, 0.25) is 11.8 Å². The number of hydrogen-bond donors (Lipinski definition) is 2.